The van der Waals surface area contributed by atoms with Gasteiger partial charge >= 0.3 is 0 Å². The fourth-order valence-corrected chi connectivity index (χ4v) is 4.86. The summed E-state index contributed by atoms with van der Waals surface area (Å²) < 4.78 is 0. The van der Waals surface area contributed by atoms with Gasteiger partial charge in [0.05, 0.1) is 0 Å². The zero-order valence-electron chi connectivity index (χ0n) is 13.1. The molecule has 110 valence electrons. The van der Waals surface area contributed by atoms with Gasteiger partial charge in [0, 0.05) is 12.1 Å². The molecule has 2 heteroatoms. The fourth-order valence-electron chi connectivity index (χ4n) is 4.86. The van der Waals surface area contributed by atoms with E-state index < -0.39 is 0 Å². The van der Waals surface area contributed by atoms with Gasteiger partial charge < -0.3 is 10.4 Å². The maximum Gasteiger partial charge on any atom is 0.115 e. The van der Waals surface area contributed by atoms with Crippen molar-refractivity contribution < 1.29 is 5.11 Å². The lowest BCUT2D eigenvalue weighted by Gasteiger charge is -2.44. The van der Waals surface area contributed by atoms with Crippen molar-refractivity contribution in [3.63, 3.8) is 0 Å². The summed E-state index contributed by atoms with van der Waals surface area (Å²) in [5, 5.41) is 13.5. The van der Waals surface area contributed by atoms with Crippen molar-refractivity contribution >= 4 is 0 Å². The molecule has 2 N–H and O–H groups in total. The van der Waals surface area contributed by atoms with Crippen LogP contribution in [0.2, 0.25) is 0 Å². The number of nitrogens with one attached hydrogen (secondary N) is 1. The molecule has 2 unspecified atom stereocenters. The van der Waals surface area contributed by atoms with Crippen LogP contribution in [0.5, 0.6) is 5.75 Å². The van der Waals surface area contributed by atoms with Crippen LogP contribution in [0.3, 0.4) is 0 Å². The van der Waals surface area contributed by atoms with Crippen LogP contribution in [0, 0.1) is 16.7 Å². The molecule has 2 aliphatic rings. The van der Waals surface area contributed by atoms with Gasteiger partial charge in [0.25, 0.3) is 0 Å². The quantitative estimate of drug-likeness (QED) is 0.862. The Morgan fingerprint density at radius 2 is 2.05 bits per heavy atom. The van der Waals surface area contributed by atoms with E-state index in [0.717, 1.165) is 5.92 Å². The minimum Gasteiger partial charge on any atom is -0.508 e. The molecule has 0 aliphatic heterocycles. The van der Waals surface area contributed by atoms with E-state index in [9.17, 15) is 5.11 Å². The maximum absolute atomic E-state index is 9.65. The second-order valence-corrected chi connectivity index (χ2v) is 7.83. The van der Waals surface area contributed by atoms with E-state index in [4.69, 9.17) is 0 Å². The molecule has 1 aromatic carbocycles. The SMILES string of the molecule is CC(NC1C(C)(C)[C@H]2CC[C@]1(C)C2)c1cccc(O)c1. The summed E-state index contributed by atoms with van der Waals surface area (Å²) in [5.74, 6) is 1.22. The Bertz CT molecular complexity index is 505. The van der Waals surface area contributed by atoms with Gasteiger partial charge in [-0.15, -0.1) is 0 Å². The highest BCUT2D eigenvalue weighted by molar-refractivity contribution is 5.29. The lowest BCUT2D eigenvalue weighted by molar-refractivity contribution is 0.100. The van der Waals surface area contributed by atoms with Crippen LogP contribution in [0.4, 0.5) is 0 Å². The summed E-state index contributed by atoms with van der Waals surface area (Å²) in [7, 11) is 0. The van der Waals surface area contributed by atoms with Crippen LogP contribution >= 0.6 is 0 Å². The van der Waals surface area contributed by atoms with Crippen molar-refractivity contribution in [2.24, 2.45) is 16.7 Å². The predicted molar refractivity (Wildman–Crippen MR) is 82.7 cm³/mol. The van der Waals surface area contributed by atoms with E-state index in [1.807, 2.05) is 12.1 Å². The number of aromatic hydroxyl groups is 1. The molecule has 2 saturated carbocycles. The van der Waals surface area contributed by atoms with Crippen LogP contribution in [-0.2, 0) is 0 Å². The van der Waals surface area contributed by atoms with E-state index in [1.54, 1.807) is 6.07 Å². The third kappa shape index (κ3) is 2.05. The molecule has 0 amide bonds. The van der Waals surface area contributed by atoms with Gasteiger partial charge in [-0.25, -0.2) is 0 Å². The summed E-state index contributed by atoms with van der Waals surface area (Å²) >= 11 is 0. The maximum atomic E-state index is 9.65. The monoisotopic (exact) mass is 273 g/mol. The zero-order valence-corrected chi connectivity index (χ0v) is 13.1. The average molecular weight is 273 g/mol. The standard InChI is InChI=1S/C18H27NO/c1-12(13-6-5-7-15(20)10-13)19-16-17(2,3)14-8-9-18(16,4)11-14/h5-7,10,12,14,16,19-20H,8-9,11H2,1-4H3/t12?,14-,16?,18+/m0/s1. The number of phenols is 1. The topological polar surface area (TPSA) is 32.3 Å². The van der Waals surface area contributed by atoms with Crippen molar-refractivity contribution in [1.82, 2.24) is 5.32 Å². The first kappa shape index (κ1) is 13.9. The van der Waals surface area contributed by atoms with E-state index in [0.29, 0.717) is 22.6 Å². The van der Waals surface area contributed by atoms with E-state index >= 15 is 0 Å². The number of hydrogen-bond donors (Lipinski definition) is 2. The molecule has 0 aromatic heterocycles. The summed E-state index contributed by atoms with van der Waals surface area (Å²) in [6.07, 6.45) is 4.11. The molecule has 0 heterocycles. The zero-order chi connectivity index (χ0) is 14.5. The molecule has 0 saturated heterocycles. The Morgan fingerprint density at radius 3 is 2.65 bits per heavy atom. The van der Waals surface area contributed by atoms with Crippen LogP contribution in [0.1, 0.15) is 58.6 Å². The molecular weight excluding hydrogens is 246 g/mol. The minimum absolute atomic E-state index is 0.280. The molecule has 20 heavy (non-hydrogen) atoms. The van der Waals surface area contributed by atoms with Gasteiger partial charge in [-0.05, 0) is 60.6 Å². The Labute approximate surface area is 122 Å². The first-order valence-electron chi connectivity index (χ1n) is 7.88. The molecule has 1 aromatic rings. The summed E-state index contributed by atoms with van der Waals surface area (Å²) in [6.45, 7) is 9.51. The lowest BCUT2D eigenvalue weighted by atomic mass is 9.68. The number of benzene rings is 1. The van der Waals surface area contributed by atoms with Gasteiger partial charge in [0.1, 0.15) is 5.75 Å². The van der Waals surface area contributed by atoms with Crippen molar-refractivity contribution in [2.45, 2.75) is 59.0 Å². The molecule has 0 radical (unpaired) electrons. The summed E-state index contributed by atoms with van der Waals surface area (Å²) in [6, 6.07) is 8.48. The lowest BCUT2D eigenvalue weighted by Crippen LogP contribution is -2.50. The highest BCUT2D eigenvalue weighted by atomic mass is 16.3. The number of fused-ring (bicyclic) bond motifs is 2. The Hall–Kier alpha value is -1.02. The first-order chi connectivity index (χ1) is 9.33. The predicted octanol–water partition coefficient (Wildman–Crippen LogP) is 4.26. The second-order valence-electron chi connectivity index (χ2n) is 7.83. The van der Waals surface area contributed by atoms with Crippen LogP contribution < -0.4 is 5.32 Å². The Kier molecular flexibility index (Phi) is 3.13. The molecule has 4 atom stereocenters. The van der Waals surface area contributed by atoms with Crippen molar-refractivity contribution in [1.29, 1.82) is 0 Å². The fraction of sp³-hybridized carbons (Fsp3) is 0.667. The van der Waals surface area contributed by atoms with E-state index in [-0.39, 0.29) is 6.04 Å². The highest BCUT2D eigenvalue weighted by Gasteiger charge is 2.59. The molecule has 2 bridgehead atoms. The van der Waals surface area contributed by atoms with Gasteiger partial charge in [-0.1, -0.05) is 32.9 Å². The number of rotatable bonds is 3. The molecule has 3 rings (SSSR count). The molecular formula is C18H27NO. The van der Waals surface area contributed by atoms with Crippen LogP contribution in [0.15, 0.2) is 24.3 Å². The van der Waals surface area contributed by atoms with E-state index in [1.165, 1.54) is 24.8 Å². The summed E-state index contributed by atoms with van der Waals surface area (Å²) in [4.78, 5) is 0. The van der Waals surface area contributed by atoms with Gasteiger partial charge in [0.15, 0.2) is 0 Å². The van der Waals surface area contributed by atoms with Gasteiger partial charge in [-0.2, -0.15) is 0 Å². The van der Waals surface area contributed by atoms with E-state index in [2.05, 4.69) is 39.1 Å². The summed E-state index contributed by atoms with van der Waals surface area (Å²) in [5.41, 5.74) is 1.99. The van der Waals surface area contributed by atoms with Crippen molar-refractivity contribution in [3.05, 3.63) is 29.8 Å². The molecule has 0 spiro atoms. The minimum atomic E-state index is 0.280. The average Bonchev–Trinajstić information content (AvgIpc) is 2.85. The first-order valence-corrected chi connectivity index (χ1v) is 7.88. The largest absolute Gasteiger partial charge is 0.508 e. The third-order valence-corrected chi connectivity index (χ3v) is 6.06. The Balaban J connectivity index is 1.80. The van der Waals surface area contributed by atoms with Crippen LogP contribution in [-0.4, -0.2) is 11.1 Å². The normalized spacial score (nSPS) is 36.2. The Morgan fingerprint density at radius 1 is 1.30 bits per heavy atom. The van der Waals surface area contributed by atoms with Gasteiger partial charge in [-0.3, -0.25) is 0 Å². The van der Waals surface area contributed by atoms with Crippen molar-refractivity contribution in [2.75, 3.05) is 0 Å². The van der Waals surface area contributed by atoms with Gasteiger partial charge in [0.2, 0.25) is 0 Å². The molecule has 2 nitrogen and oxygen atoms in total. The number of phenolic OH excluding ortho intramolecular Hbond substituents is 1. The smallest absolute Gasteiger partial charge is 0.115 e. The van der Waals surface area contributed by atoms with Crippen LogP contribution in [0.25, 0.3) is 0 Å². The number of hydrogen-bond acceptors (Lipinski definition) is 2. The molecule has 2 aliphatic carbocycles. The third-order valence-electron chi connectivity index (χ3n) is 6.06. The molecule has 2 fully saturated rings. The highest BCUT2D eigenvalue weighted by Crippen LogP contribution is 2.62. The van der Waals surface area contributed by atoms with Crippen molar-refractivity contribution in [3.8, 4) is 5.75 Å². The second kappa shape index (κ2) is 4.49.